The molecule has 0 aromatic heterocycles. The molecule has 2 heterocycles. The Hall–Kier alpha value is -2.37. The van der Waals surface area contributed by atoms with Crippen molar-refractivity contribution in [3.05, 3.63) is 35.9 Å². The molecule has 2 saturated heterocycles. The number of carbonyl (C=O) groups excluding carboxylic acids is 3. The van der Waals surface area contributed by atoms with E-state index in [1.807, 2.05) is 30.3 Å². The number of nitrogens with zero attached hydrogens (tertiary/aromatic N) is 2. The van der Waals surface area contributed by atoms with Crippen LogP contribution < -0.4 is 5.73 Å². The maximum Gasteiger partial charge on any atom is 0.250 e. The fourth-order valence-corrected chi connectivity index (χ4v) is 3.75. The summed E-state index contributed by atoms with van der Waals surface area (Å²) in [5.74, 6) is -0.460. The highest BCUT2D eigenvalue weighted by molar-refractivity contribution is 5.89. The first-order valence-electron chi connectivity index (χ1n) is 9.00. The van der Waals surface area contributed by atoms with Crippen LogP contribution in [-0.4, -0.2) is 47.2 Å². The molecule has 1 atom stereocenters. The number of likely N-dealkylation sites (tertiary alicyclic amines) is 2. The quantitative estimate of drug-likeness (QED) is 0.898. The summed E-state index contributed by atoms with van der Waals surface area (Å²) in [5, 5.41) is 0. The van der Waals surface area contributed by atoms with E-state index in [1.165, 1.54) is 0 Å². The summed E-state index contributed by atoms with van der Waals surface area (Å²) in [7, 11) is 0. The highest BCUT2D eigenvalue weighted by atomic mass is 16.2. The predicted octanol–water partition coefficient (Wildman–Crippen LogP) is 1.46. The zero-order valence-corrected chi connectivity index (χ0v) is 14.4. The third-order valence-electron chi connectivity index (χ3n) is 5.23. The zero-order valence-electron chi connectivity index (χ0n) is 14.4. The molecule has 6 nitrogen and oxygen atoms in total. The fourth-order valence-electron chi connectivity index (χ4n) is 3.75. The minimum atomic E-state index is -0.570. The van der Waals surface area contributed by atoms with E-state index in [0.717, 1.165) is 18.4 Å². The van der Waals surface area contributed by atoms with E-state index >= 15 is 0 Å². The lowest BCUT2D eigenvalue weighted by Crippen LogP contribution is -2.49. The summed E-state index contributed by atoms with van der Waals surface area (Å²) >= 11 is 0. The molecule has 2 fully saturated rings. The lowest BCUT2D eigenvalue weighted by Gasteiger charge is -2.39. The second-order valence-corrected chi connectivity index (χ2v) is 6.86. The minimum absolute atomic E-state index is 0.0421. The Kier molecular flexibility index (Phi) is 5.36. The van der Waals surface area contributed by atoms with E-state index in [4.69, 9.17) is 5.73 Å². The van der Waals surface area contributed by atoms with Crippen LogP contribution in [0.5, 0.6) is 0 Å². The van der Waals surface area contributed by atoms with Crippen LogP contribution in [-0.2, 0) is 14.4 Å². The molecule has 25 heavy (non-hydrogen) atoms. The number of piperidine rings is 2. The van der Waals surface area contributed by atoms with Gasteiger partial charge >= 0.3 is 0 Å². The molecule has 2 N–H and O–H groups in total. The molecule has 1 unspecified atom stereocenters. The van der Waals surface area contributed by atoms with Gasteiger partial charge in [0.15, 0.2) is 0 Å². The molecule has 3 rings (SSSR count). The van der Waals surface area contributed by atoms with Gasteiger partial charge in [-0.1, -0.05) is 30.3 Å². The van der Waals surface area contributed by atoms with Crippen molar-refractivity contribution in [2.45, 2.75) is 38.1 Å². The lowest BCUT2D eigenvalue weighted by molar-refractivity contribution is -0.149. The number of nitrogens with two attached hydrogens (primary N) is 1. The van der Waals surface area contributed by atoms with E-state index < -0.39 is 6.04 Å². The van der Waals surface area contributed by atoms with Crippen LogP contribution in [0.3, 0.4) is 0 Å². The molecule has 1 aromatic carbocycles. The molecule has 0 saturated carbocycles. The molecular weight excluding hydrogens is 318 g/mol. The van der Waals surface area contributed by atoms with Crippen molar-refractivity contribution < 1.29 is 14.4 Å². The molecular formula is C19H25N3O3. The summed E-state index contributed by atoms with van der Waals surface area (Å²) in [6.07, 6.45) is 3.49. The van der Waals surface area contributed by atoms with Gasteiger partial charge in [0.2, 0.25) is 17.7 Å². The number of hydrogen-bond donors (Lipinski definition) is 1. The van der Waals surface area contributed by atoms with Gasteiger partial charge in [0.25, 0.3) is 0 Å². The Morgan fingerprint density at radius 1 is 1.04 bits per heavy atom. The Labute approximate surface area is 148 Å². The standard InChI is InChI=1S/C19H25N3O3/c20-18(24)15-9-12-21(13-10-15)19(25)17(14-6-2-1-3-7-14)22-11-5-4-8-16(22)23/h1-3,6-7,15,17H,4-5,8-13H2,(H2,20,24). The first-order chi connectivity index (χ1) is 12.1. The SMILES string of the molecule is NC(=O)C1CCN(C(=O)C(c2ccccc2)N2CCCCC2=O)CC1. The highest BCUT2D eigenvalue weighted by Gasteiger charge is 2.36. The van der Waals surface area contributed by atoms with Crippen molar-refractivity contribution in [3.8, 4) is 0 Å². The smallest absolute Gasteiger partial charge is 0.250 e. The van der Waals surface area contributed by atoms with Crippen LogP contribution in [0, 0.1) is 5.92 Å². The van der Waals surface area contributed by atoms with Crippen molar-refractivity contribution in [1.82, 2.24) is 9.80 Å². The van der Waals surface area contributed by atoms with Crippen LogP contribution in [0.4, 0.5) is 0 Å². The largest absolute Gasteiger partial charge is 0.369 e. The van der Waals surface area contributed by atoms with E-state index in [2.05, 4.69) is 0 Å². The first-order valence-corrected chi connectivity index (χ1v) is 9.00. The summed E-state index contributed by atoms with van der Waals surface area (Å²) in [6.45, 7) is 1.64. The third-order valence-corrected chi connectivity index (χ3v) is 5.23. The molecule has 1 aromatic rings. The van der Waals surface area contributed by atoms with Crippen LogP contribution in [0.2, 0.25) is 0 Å². The van der Waals surface area contributed by atoms with Crippen molar-refractivity contribution in [2.24, 2.45) is 11.7 Å². The number of carbonyl (C=O) groups is 3. The minimum Gasteiger partial charge on any atom is -0.369 e. The molecule has 2 aliphatic heterocycles. The Bertz CT molecular complexity index is 639. The summed E-state index contributed by atoms with van der Waals surface area (Å²) in [4.78, 5) is 40.5. The maximum absolute atomic E-state index is 13.2. The second-order valence-electron chi connectivity index (χ2n) is 6.86. The van der Waals surface area contributed by atoms with Gasteiger partial charge in [0.05, 0.1) is 0 Å². The van der Waals surface area contributed by atoms with E-state index in [-0.39, 0.29) is 23.6 Å². The molecule has 134 valence electrons. The Balaban J connectivity index is 1.81. The first kappa shape index (κ1) is 17.5. The van der Waals surface area contributed by atoms with E-state index in [1.54, 1.807) is 9.80 Å². The van der Waals surface area contributed by atoms with Gasteiger partial charge in [-0.25, -0.2) is 0 Å². The average molecular weight is 343 g/mol. The van der Waals surface area contributed by atoms with Crippen molar-refractivity contribution in [3.63, 3.8) is 0 Å². The number of rotatable bonds is 4. The maximum atomic E-state index is 13.2. The van der Waals surface area contributed by atoms with Gasteiger partial charge in [-0.3, -0.25) is 14.4 Å². The predicted molar refractivity (Wildman–Crippen MR) is 93.2 cm³/mol. The number of primary amides is 1. The van der Waals surface area contributed by atoms with E-state index in [9.17, 15) is 14.4 Å². The van der Waals surface area contributed by atoms with Gasteiger partial charge in [-0.15, -0.1) is 0 Å². The average Bonchev–Trinajstić information content (AvgIpc) is 2.64. The van der Waals surface area contributed by atoms with Crippen LogP contribution >= 0.6 is 0 Å². The number of hydrogen-bond acceptors (Lipinski definition) is 3. The van der Waals surface area contributed by atoms with Crippen LogP contribution in [0.15, 0.2) is 30.3 Å². The van der Waals surface area contributed by atoms with Gasteiger partial charge in [0.1, 0.15) is 6.04 Å². The highest BCUT2D eigenvalue weighted by Crippen LogP contribution is 2.29. The third kappa shape index (κ3) is 3.83. The number of amides is 3. The van der Waals surface area contributed by atoms with Crippen molar-refractivity contribution >= 4 is 17.7 Å². The monoisotopic (exact) mass is 343 g/mol. The van der Waals surface area contributed by atoms with Crippen LogP contribution in [0.1, 0.15) is 43.7 Å². The molecule has 2 aliphatic rings. The van der Waals surface area contributed by atoms with Crippen molar-refractivity contribution in [1.29, 1.82) is 0 Å². The van der Waals surface area contributed by atoms with Gasteiger partial charge in [0, 0.05) is 32.0 Å². The van der Waals surface area contributed by atoms with E-state index in [0.29, 0.717) is 38.9 Å². The number of benzene rings is 1. The lowest BCUT2D eigenvalue weighted by atomic mass is 9.94. The topological polar surface area (TPSA) is 83.7 Å². The summed E-state index contributed by atoms with van der Waals surface area (Å²) in [5.41, 5.74) is 6.23. The van der Waals surface area contributed by atoms with Gasteiger partial charge in [-0.05, 0) is 31.2 Å². The normalized spacial score (nSPS) is 20.4. The molecule has 6 heteroatoms. The van der Waals surface area contributed by atoms with Gasteiger partial charge < -0.3 is 15.5 Å². The molecule has 0 spiro atoms. The molecule has 0 aliphatic carbocycles. The van der Waals surface area contributed by atoms with Crippen LogP contribution in [0.25, 0.3) is 0 Å². The molecule has 0 radical (unpaired) electrons. The van der Waals surface area contributed by atoms with Gasteiger partial charge in [-0.2, -0.15) is 0 Å². The molecule has 0 bridgehead atoms. The Morgan fingerprint density at radius 2 is 1.72 bits per heavy atom. The Morgan fingerprint density at radius 3 is 2.32 bits per heavy atom. The van der Waals surface area contributed by atoms with Crippen molar-refractivity contribution in [2.75, 3.05) is 19.6 Å². The summed E-state index contributed by atoms with van der Waals surface area (Å²) < 4.78 is 0. The second kappa shape index (κ2) is 7.68. The summed E-state index contributed by atoms with van der Waals surface area (Å²) in [6, 6.07) is 8.93. The zero-order chi connectivity index (χ0) is 17.8. The fraction of sp³-hybridized carbons (Fsp3) is 0.526. The molecule has 3 amide bonds.